The summed E-state index contributed by atoms with van der Waals surface area (Å²) >= 11 is 1.60. The van der Waals surface area contributed by atoms with Crippen molar-refractivity contribution in [2.75, 3.05) is 0 Å². The van der Waals surface area contributed by atoms with Gasteiger partial charge in [-0.2, -0.15) is 12.1 Å². The fourth-order valence-electron chi connectivity index (χ4n) is 4.00. The zero-order chi connectivity index (χ0) is 17.8. The molecule has 0 spiro atoms. The third kappa shape index (κ3) is 2.90. The van der Waals surface area contributed by atoms with Gasteiger partial charge in [-0.25, -0.2) is 17.2 Å². The van der Waals surface area contributed by atoms with Crippen LogP contribution < -0.4 is 0 Å². The molecule has 0 saturated carbocycles. The molecule has 6 aromatic rings. The minimum atomic E-state index is 0. The van der Waals surface area contributed by atoms with Crippen LogP contribution in [0.2, 0.25) is 0 Å². The van der Waals surface area contributed by atoms with Gasteiger partial charge >= 0.3 is 0 Å². The minimum absolute atomic E-state index is 0. The van der Waals surface area contributed by atoms with Crippen LogP contribution in [0, 0.1) is 11.4 Å². The molecule has 0 atom stereocenters. The Bertz CT molecular complexity index is 1460. The molecule has 0 unspecified atom stereocenters. The Morgan fingerprint density at radius 1 is 0.607 bits per heavy atom. The molecule has 6 rings (SSSR count). The maximum absolute atomic E-state index is 3.42. The van der Waals surface area contributed by atoms with Gasteiger partial charge in [0, 0.05) is 32.7 Å². The number of hydrogen-bond acceptors (Lipinski definition) is 1. The van der Waals surface area contributed by atoms with Crippen LogP contribution in [-0.4, -0.2) is 0 Å². The molecule has 0 bridgehead atoms. The molecule has 0 fully saturated rings. The Morgan fingerprint density at radius 3 is 1.86 bits per heavy atom. The van der Waals surface area contributed by atoms with Crippen molar-refractivity contribution in [3.05, 3.63) is 95.7 Å². The van der Waals surface area contributed by atoms with Gasteiger partial charge in [-0.1, -0.05) is 36.4 Å². The summed E-state index contributed by atoms with van der Waals surface area (Å²) in [5.41, 5.74) is 2.26. The Labute approximate surface area is 192 Å². The second-order valence-electron chi connectivity index (χ2n) is 6.97. The molecule has 0 N–H and O–H groups in total. The monoisotopic (exact) mass is 447 g/mol. The summed E-state index contributed by atoms with van der Waals surface area (Å²) in [6, 6.07) is 32.1. The summed E-state index contributed by atoms with van der Waals surface area (Å²) < 4.78 is 0. The fourth-order valence-corrected chi connectivity index (χ4v) is 4.57. The van der Waals surface area contributed by atoms with Gasteiger partial charge in [-0.15, -0.1) is 27.6 Å². The summed E-state index contributed by atoms with van der Waals surface area (Å²) in [5, 5.41) is 15.6. The van der Waals surface area contributed by atoms with Gasteiger partial charge in [0.25, 0.3) is 0 Å². The molecule has 0 amide bonds. The number of hydrogen-bond donors (Lipinski definition) is 0. The maximum Gasteiger partial charge on any atom is 0 e. The third-order valence-corrected chi connectivity index (χ3v) is 5.94. The van der Waals surface area contributed by atoms with Crippen molar-refractivity contribution < 1.29 is 32.7 Å². The second kappa shape index (κ2) is 7.08. The van der Waals surface area contributed by atoms with E-state index in [0.29, 0.717) is 0 Å². The van der Waals surface area contributed by atoms with Crippen LogP contribution in [0.1, 0.15) is 0 Å². The van der Waals surface area contributed by atoms with E-state index in [2.05, 4.69) is 89.6 Å². The summed E-state index contributed by atoms with van der Waals surface area (Å²) in [6.45, 7) is 0. The Morgan fingerprint density at radius 2 is 1.21 bits per heavy atom. The first-order valence-corrected chi connectivity index (χ1v) is 9.89. The van der Waals surface area contributed by atoms with Crippen LogP contribution in [-0.2, 0) is 32.7 Å². The molecule has 1 heterocycles. The zero-order valence-electron chi connectivity index (χ0n) is 15.1. The first-order chi connectivity index (χ1) is 13.3. The summed E-state index contributed by atoms with van der Waals surface area (Å²) in [6.07, 6.45) is 0. The number of thiophene rings is 1. The van der Waals surface area contributed by atoms with E-state index < -0.39 is 0 Å². The summed E-state index contributed by atoms with van der Waals surface area (Å²) in [7, 11) is 0. The average Bonchev–Trinajstić information content (AvgIpc) is 3.23. The van der Waals surface area contributed by atoms with Crippen molar-refractivity contribution >= 4 is 54.4 Å². The molecule has 28 heavy (non-hydrogen) atoms. The Balaban J connectivity index is 0.00000171. The van der Waals surface area contributed by atoms with Crippen molar-refractivity contribution in [1.82, 2.24) is 0 Å². The molecular weight excluding hydrogens is 433 g/mol. The van der Waals surface area contributed by atoms with Gasteiger partial charge in [0.05, 0.1) is 0 Å². The van der Waals surface area contributed by atoms with E-state index in [9.17, 15) is 0 Å². The van der Waals surface area contributed by atoms with Crippen molar-refractivity contribution in [3.63, 3.8) is 0 Å². The molecule has 0 saturated heterocycles. The molecule has 2 heteroatoms. The fraction of sp³-hybridized carbons (Fsp3) is 0. The molecule has 5 aromatic carbocycles. The average molecular weight is 447 g/mol. The van der Waals surface area contributed by atoms with Gasteiger partial charge in [0.15, 0.2) is 0 Å². The van der Waals surface area contributed by atoms with Gasteiger partial charge in [0.2, 0.25) is 0 Å². The van der Waals surface area contributed by atoms with E-state index >= 15 is 0 Å². The normalized spacial score (nSPS) is 11.3. The van der Waals surface area contributed by atoms with Crippen LogP contribution in [0.25, 0.3) is 54.2 Å². The van der Waals surface area contributed by atoms with Crippen molar-refractivity contribution in [3.8, 4) is 11.1 Å². The van der Waals surface area contributed by atoms with E-state index in [1.807, 2.05) is 6.07 Å². The predicted molar refractivity (Wildman–Crippen MR) is 117 cm³/mol. The van der Waals surface area contributed by atoms with Gasteiger partial charge in [-0.05, 0) is 56.6 Å². The summed E-state index contributed by atoms with van der Waals surface area (Å²) in [4.78, 5) is 0. The van der Waals surface area contributed by atoms with Crippen molar-refractivity contribution in [2.24, 2.45) is 0 Å². The molecule has 0 aliphatic rings. The minimum Gasteiger partial charge on any atom is -0.276 e. The van der Waals surface area contributed by atoms with Crippen LogP contribution in [0.15, 0.2) is 84.2 Å². The van der Waals surface area contributed by atoms with Crippen molar-refractivity contribution in [1.29, 1.82) is 0 Å². The van der Waals surface area contributed by atoms with E-state index in [1.54, 1.807) is 11.3 Å². The van der Waals surface area contributed by atoms with Crippen LogP contribution >= 0.6 is 11.3 Å². The molecule has 0 aliphatic carbocycles. The molecule has 129 valence electrons. The maximum atomic E-state index is 3.42. The predicted octanol–water partition coefficient (Wildman–Crippen LogP) is 7.63. The molecule has 0 nitrogen and oxygen atoms in total. The first-order valence-electron chi connectivity index (χ1n) is 9.01. The standard InChI is InChI=1S/C26H14S.Y/c1-2-5-18-11-22-14-24-15-26-19(6-3-7-25(26)20-8-9-27-16-20)12-23(24)13-21(22)10-17(18)4-1;/h1-6,8-15H;/q-2;. The summed E-state index contributed by atoms with van der Waals surface area (Å²) in [5.74, 6) is 0. The van der Waals surface area contributed by atoms with E-state index in [4.69, 9.17) is 0 Å². The van der Waals surface area contributed by atoms with Crippen LogP contribution in [0.5, 0.6) is 0 Å². The van der Waals surface area contributed by atoms with E-state index in [0.717, 1.165) is 11.1 Å². The van der Waals surface area contributed by atoms with Crippen molar-refractivity contribution in [2.45, 2.75) is 0 Å². The third-order valence-electron chi connectivity index (χ3n) is 5.33. The van der Waals surface area contributed by atoms with Crippen LogP contribution in [0.4, 0.5) is 0 Å². The Kier molecular flexibility index (Phi) is 4.55. The van der Waals surface area contributed by atoms with E-state index in [-0.39, 0.29) is 32.7 Å². The molecule has 1 aromatic heterocycles. The first kappa shape index (κ1) is 18.0. The largest absolute Gasteiger partial charge is 0.276 e. The molecule has 1 radical (unpaired) electrons. The smallest absolute Gasteiger partial charge is 0 e. The molecule has 0 aliphatic heterocycles. The van der Waals surface area contributed by atoms with Gasteiger partial charge in [0.1, 0.15) is 0 Å². The topological polar surface area (TPSA) is 0 Å². The number of benzene rings is 5. The number of fused-ring (bicyclic) bond motifs is 4. The Hall–Kier alpha value is -2.06. The van der Waals surface area contributed by atoms with E-state index in [1.165, 1.54) is 43.1 Å². The SMILES string of the molecule is [Y].[c-]1sccc1-c1[c-]ccc2cc3cc4cc5ccccc5cc4cc3cc12. The van der Waals surface area contributed by atoms with Gasteiger partial charge < -0.3 is 0 Å². The van der Waals surface area contributed by atoms with Crippen LogP contribution in [0.3, 0.4) is 0 Å². The second-order valence-corrected chi connectivity index (χ2v) is 7.69. The molecular formula is C26H14SY-2. The quantitative estimate of drug-likeness (QED) is 0.180. The number of rotatable bonds is 1. The zero-order valence-corrected chi connectivity index (χ0v) is 18.7. The van der Waals surface area contributed by atoms with Gasteiger partial charge in [-0.3, -0.25) is 11.3 Å².